The summed E-state index contributed by atoms with van der Waals surface area (Å²) in [5.41, 5.74) is 6.64. The number of ether oxygens (including phenoxy) is 1. The van der Waals surface area contributed by atoms with Crippen molar-refractivity contribution in [2.24, 2.45) is 0 Å². The van der Waals surface area contributed by atoms with Crippen LogP contribution in [-0.4, -0.2) is 12.5 Å². The maximum absolute atomic E-state index is 12.7. The quantitative estimate of drug-likeness (QED) is 0.831. The first-order valence-electron chi connectivity index (χ1n) is 6.28. The molecule has 2 aromatic carbocycles. The molecule has 0 radical (unpaired) electrons. The maximum atomic E-state index is 12.7. The van der Waals surface area contributed by atoms with Crippen molar-refractivity contribution in [3.8, 4) is 5.75 Å². The Labute approximate surface area is 126 Å². The Morgan fingerprint density at radius 2 is 1.95 bits per heavy atom. The molecule has 6 heteroatoms. The molecule has 0 saturated heterocycles. The summed E-state index contributed by atoms with van der Waals surface area (Å²) in [6, 6.07) is 10.4. The van der Waals surface area contributed by atoms with E-state index in [4.69, 9.17) is 22.1 Å². The summed E-state index contributed by atoms with van der Waals surface area (Å²) in [6.45, 7) is 0.179. The second kappa shape index (κ2) is 6.95. The summed E-state index contributed by atoms with van der Waals surface area (Å²) < 4.78 is 18.0. The minimum atomic E-state index is -0.337. The van der Waals surface area contributed by atoms with Crippen molar-refractivity contribution < 1.29 is 13.9 Å². The lowest BCUT2D eigenvalue weighted by molar-refractivity contribution is -0.116. The van der Waals surface area contributed by atoms with Crippen LogP contribution in [0.2, 0.25) is 5.02 Å². The molecule has 2 rings (SSSR count). The molecule has 0 fully saturated rings. The second-order valence-electron chi connectivity index (χ2n) is 4.33. The highest BCUT2D eigenvalue weighted by molar-refractivity contribution is 6.31. The number of amides is 1. The number of nitrogens with one attached hydrogen (secondary N) is 1. The average molecular weight is 309 g/mol. The highest BCUT2D eigenvalue weighted by atomic mass is 35.5. The number of hydrogen-bond donors (Lipinski definition) is 2. The van der Waals surface area contributed by atoms with Crippen LogP contribution in [0, 0.1) is 5.82 Å². The molecule has 0 aliphatic carbocycles. The van der Waals surface area contributed by atoms with Crippen LogP contribution < -0.4 is 15.8 Å². The van der Waals surface area contributed by atoms with Crippen LogP contribution in [0.25, 0.3) is 0 Å². The molecule has 0 heterocycles. The number of rotatable bonds is 5. The summed E-state index contributed by atoms with van der Waals surface area (Å²) in [4.78, 5) is 11.8. The Morgan fingerprint density at radius 3 is 2.67 bits per heavy atom. The van der Waals surface area contributed by atoms with Gasteiger partial charge in [0.2, 0.25) is 5.91 Å². The van der Waals surface area contributed by atoms with Gasteiger partial charge in [0.25, 0.3) is 0 Å². The zero-order chi connectivity index (χ0) is 15.2. The minimum Gasteiger partial charge on any atom is -0.493 e. The van der Waals surface area contributed by atoms with Crippen molar-refractivity contribution in [2.75, 3.05) is 17.7 Å². The topological polar surface area (TPSA) is 64.3 Å². The average Bonchev–Trinajstić information content (AvgIpc) is 2.45. The lowest BCUT2D eigenvalue weighted by atomic mass is 10.2. The third kappa shape index (κ3) is 4.65. The monoisotopic (exact) mass is 308 g/mol. The second-order valence-corrected chi connectivity index (χ2v) is 4.77. The number of hydrogen-bond acceptors (Lipinski definition) is 3. The van der Waals surface area contributed by atoms with Crippen molar-refractivity contribution in [2.45, 2.75) is 6.42 Å². The Hall–Kier alpha value is -2.27. The third-order valence-electron chi connectivity index (χ3n) is 2.70. The molecule has 0 aromatic heterocycles. The zero-order valence-electron chi connectivity index (χ0n) is 11.1. The highest BCUT2D eigenvalue weighted by Crippen LogP contribution is 2.23. The molecule has 0 unspecified atom stereocenters. The first kappa shape index (κ1) is 15.1. The maximum Gasteiger partial charge on any atom is 0.227 e. The van der Waals surface area contributed by atoms with Gasteiger partial charge in [0.1, 0.15) is 11.6 Å². The summed E-state index contributed by atoms with van der Waals surface area (Å²) in [5.74, 6) is -0.0749. The number of halogens is 2. The SMILES string of the molecule is Nc1ccc(Cl)cc1NC(=O)CCOc1ccc(F)cc1. The van der Waals surface area contributed by atoms with E-state index in [1.165, 1.54) is 24.3 Å². The molecule has 0 spiro atoms. The number of anilines is 2. The molecular weight excluding hydrogens is 295 g/mol. The van der Waals surface area contributed by atoms with E-state index < -0.39 is 0 Å². The van der Waals surface area contributed by atoms with Gasteiger partial charge < -0.3 is 15.8 Å². The van der Waals surface area contributed by atoms with Gasteiger partial charge in [-0.1, -0.05) is 11.6 Å². The number of benzene rings is 2. The summed E-state index contributed by atoms with van der Waals surface area (Å²) in [5, 5.41) is 3.15. The van der Waals surface area contributed by atoms with E-state index in [0.29, 0.717) is 22.1 Å². The van der Waals surface area contributed by atoms with E-state index in [2.05, 4.69) is 5.32 Å². The molecule has 0 atom stereocenters. The van der Waals surface area contributed by atoms with Crippen LogP contribution in [-0.2, 0) is 4.79 Å². The van der Waals surface area contributed by atoms with E-state index in [-0.39, 0.29) is 24.8 Å². The number of nitrogen functional groups attached to an aromatic ring is 1. The fourth-order valence-electron chi connectivity index (χ4n) is 1.64. The fraction of sp³-hybridized carbons (Fsp3) is 0.133. The van der Waals surface area contributed by atoms with E-state index in [1.54, 1.807) is 18.2 Å². The van der Waals surface area contributed by atoms with Crippen molar-refractivity contribution in [1.29, 1.82) is 0 Å². The lowest BCUT2D eigenvalue weighted by Gasteiger charge is -2.09. The predicted molar refractivity (Wildman–Crippen MR) is 81.0 cm³/mol. The molecule has 0 aliphatic heterocycles. The predicted octanol–water partition coefficient (Wildman–Crippen LogP) is 3.47. The van der Waals surface area contributed by atoms with Crippen molar-refractivity contribution in [3.05, 3.63) is 53.3 Å². The van der Waals surface area contributed by atoms with E-state index in [1.807, 2.05) is 0 Å². The van der Waals surface area contributed by atoms with Gasteiger partial charge >= 0.3 is 0 Å². The molecule has 4 nitrogen and oxygen atoms in total. The molecule has 110 valence electrons. The van der Waals surface area contributed by atoms with Crippen LogP contribution in [0.5, 0.6) is 5.75 Å². The fourth-order valence-corrected chi connectivity index (χ4v) is 1.81. The van der Waals surface area contributed by atoms with Crippen molar-refractivity contribution in [3.63, 3.8) is 0 Å². The summed E-state index contributed by atoms with van der Waals surface area (Å²) >= 11 is 5.84. The molecule has 0 aliphatic rings. The largest absolute Gasteiger partial charge is 0.493 e. The summed E-state index contributed by atoms with van der Waals surface area (Å²) in [6.07, 6.45) is 0.142. The Kier molecular flexibility index (Phi) is 5.00. The van der Waals surface area contributed by atoms with Crippen molar-refractivity contribution in [1.82, 2.24) is 0 Å². The Balaban J connectivity index is 1.82. The Morgan fingerprint density at radius 1 is 1.24 bits per heavy atom. The van der Waals surface area contributed by atoms with Crippen LogP contribution in [0.3, 0.4) is 0 Å². The van der Waals surface area contributed by atoms with Crippen LogP contribution >= 0.6 is 11.6 Å². The lowest BCUT2D eigenvalue weighted by Crippen LogP contribution is -2.16. The zero-order valence-corrected chi connectivity index (χ0v) is 11.9. The number of carbonyl (C=O) groups is 1. The first-order valence-corrected chi connectivity index (χ1v) is 6.65. The molecule has 3 N–H and O–H groups in total. The van der Waals surface area contributed by atoms with E-state index in [9.17, 15) is 9.18 Å². The van der Waals surface area contributed by atoms with Crippen molar-refractivity contribution >= 4 is 28.9 Å². The van der Waals surface area contributed by atoms with Gasteiger partial charge in [-0.05, 0) is 42.5 Å². The number of carbonyl (C=O) groups excluding carboxylic acids is 1. The Bertz CT molecular complexity index is 632. The molecule has 0 saturated carbocycles. The molecule has 21 heavy (non-hydrogen) atoms. The highest BCUT2D eigenvalue weighted by Gasteiger charge is 2.06. The third-order valence-corrected chi connectivity index (χ3v) is 2.94. The standard InChI is InChI=1S/C15H14ClFN2O2/c16-10-1-6-13(18)14(9-10)19-15(20)7-8-21-12-4-2-11(17)3-5-12/h1-6,9H,7-8,18H2,(H,19,20). The number of nitrogens with two attached hydrogens (primary N) is 1. The van der Waals surface area contributed by atoms with Gasteiger partial charge in [-0.2, -0.15) is 0 Å². The smallest absolute Gasteiger partial charge is 0.227 e. The van der Waals surface area contributed by atoms with E-state index in [0.717, 1.165) is 0 Å². The van der Waals surface area contributed by atoms with Crippen LogP contribution in [0.15, 0.2) is 42.5 Å². The van der Waals surface area contributed by atoms with Gasteiger partial charge in [-0.15, -0.1) is 0 Å². The molecule has 1 amide bonds. The summed E-state index contributed by atoms with van der Waals surface area (Å²) in [7, 11) is 0. The normalized spacial score (nSPS) is 10.2. The molecule has 0 bridgehead atoms. The first-order chi connectivity index (χ1) is 10.0. The molecular formula is C15H14ClFN2O2. The van der Waals surface area contributed by atoms with Gasteiger partial charge in [-0.3, -0.25) is 4.79 Å². The van der Waals surface area contributed by atoms with Gasteiger partial charge in [0, 0.05) is 5.02 Å². The van der Waals surface area contributed by atoms with Gasteiger partial charge in [-0.25, -0.2) is 4.39 Å². The van der Waals surface area contributed by atoms with Crippen LogP contribution in [0.1, 0.15) is 6.42 Å². The molecule has 2 aromatic rings. The van der Waals surface area contributed by atoms with Gasteiger partial charge in [0.15, 0.2) is 0 Å². The minimum absolute atomic E-state index is 0.142. The van der Waals surface area contributed by atoms with E-state index >= 15 is 0 Å². The van der Waals surface area contributed by atoms with Gasteiger partial charge in [0.05, 0.1) is 24.4 Å². The van der Waals surface area contributed by atoms with Crippen LogP contribution in [0.4, 0.5) is 15.8 Å².